The van der Waals surface area contributed by atoms with Gasteiger partial charge in [-0.3, -0.25) is 14.6 Å². The van der Waals surface area contributed by atoms with Crippen LogP contribution in [0.4, 0.5) is 5.69 Å². The maximum Gasteiger partial charge on any atom is 0.239 e. The fourth-order valence-electron chi connectivity index (χ4n) is 4.23. The number of carbonyl (C=O) groups excluding carboxylic acids is 2. The highest BCUT2D eigenvalue weighted by Gasteiger charge is 2.21. The molecule has 0 bridgehead atoms. The van der Waals surface area contributed by atoms with Crippen LogP contribution < -0.4 is 20.3 Å². The predicted molar refractivity (Wildman–Crippen MR) is 137 cm³/mol. The zero-order valence-corrected chi connectivity index (χ0v) is 21.7. The number of piperidine rings is 1. The van der Waals surface area contributed by atoms with Gasteiger partial charge in [0.2, 0.25) is 11.8 Å². The smallest absolute Gasteiger partial charge is 0.239 e. The van der Waals surface area contributed by atoms with Gasteiger partial charge in [-0.1, -0.05) is 0 Å². The zero-order valence-electron chi connectivity index (χ0n) is 20.9. The zero-order chi connectivity index (χ0) is 25.4. The lowest BCUT2D eigenvalue weighted by Crippen LogP contribution is -2.44. The van der Waals surface area contributed by atoms with Gasteiger partial charge in [-0.05, 0) is 68.0 Å². The summed E-state index contributed by atoms with van der Waals surface area (Å²) in [5, 5.41) is 5.54. The van der Waals surface area contributed by atoms with Crippen molar-refractivity contribution in [2.75, 3.05) is 51.8 Å². The number of amides is 2. The second-order valence-corrected chi connectivity index (χ2v) is 10.4. The summed E-state index contributed by atoms with van der Waals surface area (Å²) in [5.74, 6) is 0.537. The lowest BCUT2D eigenvalue weighted by atomic mass is 9.96. The number of aryl methyl sites for hydroxylation is 2. The minimum atomic E-state index is -1.51. The van der Waals surface area contributed by atoms with Crippen LogP contribution in [0, 0.1) is 19.8 Å². The molecule has 190 valence electrons. The molecule has 1 unspecified atom stereocenters. The van der Waals surface area contributed by atoms with Crippen LogP contribution >= 0.6 is 0 Å². The van der Waals surface area contributed by atoms with Gasteiger partial charge in [-0.2, -0.15) is 0 Å². The van der Waals surface area contributed by atoms with E-state index in [0.717, 1.165) is 37.1 Å². The monoisotopic (exact) mass is 501 g/mol. The average Bonchev–Trinajstić information content (AvgIpc) is 2.86. The van der Waals surface area contributed by atoms with Crippen LogP contribution in [-0.4, -0.2) is 72.2 Å². The van der Waals surface area contributed by atoms with Crippen molar-refractivity contribution in [2.24, 2.45) is 5.92 Å². The van der Waals surface area contributed by atoms with Gasteiger partial charge >= 0.3 is 0 Å². The van der Waals surface area contributed by atoms with Crippen LogP contribution in [0.3, 0.4) is 0 Å². The molecular formula is C25H35N5O4S. The minimum absolute atomic E-state index is 0.0851. The average molecular weight is 502 g/mol. The summed E-state index contributed by atoms with van der Waals surface area (Å²) in [7, 11) is 1.70. The molecule has 10 heteroatoms. The molecule has 35 heavy (non-hydrogen) atoms. The number of nitrogens with zero attached hydrogens (tertiary/aromatic N) is 3. The summed E-state index contributed by atoms with van der Waals surface area (Å²) in [6.07, 6.45) is 5.59. The molecule has 1 saturated heterocycles. The van der Waals surface area contributed by atoms with Gasteiger partial charge in [0.1, 0.15) is 16.7 Å². The number of ether oxygens (including phenoxy) is 1. The number of pyridine rings is 1. The van der Waals surface area contributed by atoms with Crippen molar-refractivity contribution in [3.8, 4) is 5.75 Å². The van der Waals surface area contributed by atoms with Crippen molar-refractivity contribution in [3.05, 3.63) is 47.8 Å². The number of anilines is 1. The molecule has 0 saturated carbocycles. The number of likely N-dealkylation sites (N-methyl/N-ethyl adjacent to an activating group) is 1. The summed E-state index contributed by atoms with van der Waals surface area (Å²) in [6, 6.07) is 7.66. The van der Waals surface area contributed by atoms with Crippen molar-refractivity contribution in [1.82, 2.24) is 19.9 Å². The fraction of sp³-hybridized carbons (Fsp3) is 0.480. The molecule has 0 spiro atoms. The number of benzene rings is 1. The van der Waals surface area contributed by atoms with E-state index in [9.17, 15) is 13.8 Å². The maximum atomic E-state index is 13.0. The molecule has 0 aliphatic carbocycles. The molecule has 1 aromatic heterocycles. The minimum Gasteiger partial charge on any atom is -0.497 e. The second kappa shape index (κ2) is 12.6. The highest BCUT2D eigenvalue weighted by atomic mass is 32.2. The van der Waals surface area contributed by atoms with E-state index in [1.807, 2.05) is 38.1 Å². The number of carbonyl (C=O) groups is 2. The SMILES string of the molecule is COc1cc(C)c(S(=O)N(C)CC(=O)NCC(=O)NCC2CCN(c3ccncc3)CC2)c(C)c1. The van der Waals surface area contributed by atoms with E-state index in [1.165, 1.54) is 9.99 Å². The van der Waals surface area contributed by atoms with E-state index in [4.69, 9.17) is 4.74 Å². The van der Waals surface area contributed by atoms with Gasteiger partial charge < -0.3 is 20.3 Å². The van der Waals surface area contributed by atoms with Crippen LogP contribution in [0.15, 0.2) is 41.6 Å². The summed E-state index contributed by atoms with van der Waals surface area (Å²) >= 11 is 0. The third-order valence-corrected chi connectivity index (χ3v) is 7.86. The molecule has 2 amide bonds. The van der Waals surface area contributed by atoms with Crippen molar-refractivity contribution < 1.29 is 18.5 Å². The number of rotatable bonds is 10. The number of hydrogen-bond donors (Lipinski definition) is 2. The Bertz CT molecular complexity index is 1020. The summed E-state index contributed by atoms with van der Waals surface area (Å²) in [6.45, 7) is 6.02. The summed E-state index contributed by atoms with van der Waals surface area (Å²) < 4.78 is 19.7. The fourth-order valence-corrected chi connectivity index (χ4v) is 5.44. The molecule has 1 aromatic carbocycles. The Morgan fingerprint density at radius 3 is 2.34 bits per heavy atom. The Morgan fingerprint density at radius 1 is 1.11 bits per heavy atom. The predicted octanol–water partition coefficient (Wildman–Crippen LogP) is 1.81. The third-order valence-electron chi connectivity index (χ3n) is 6.17. The summed E-state index contributed by atoms with van der Waals surface area (Å²) in [4.78, 5) is 31.6. The largest absolute Gasteiger partial charge is 0.497 e. The first-order valence-electron chi connectivity index (χ1n) is 11.7. The van der Waals surface area contributed by atoms with E-state index in [1.54, 1.807) is 26.6 Å². The first kappa shape index (κ1) is 26.6. The number of aromatic nitrogens is 1. The Morgan fingerprint density at radius 2 is 1.74 bits per heavy atom. The molecule has 0 radical (unpaired) electrons. The van der Waals surface area contributed by atoms with Crippen molar-refractivity contribution in [3.63, 3.8) is 0 Å². The number of hydrogen-bond acceptors (Lipinski definition) is 6. The van der Waals surface area contributed by atoms with E-state index >= 15 is 0 Å². The Hall–Kier alpha value is -2.98. The number of nitrogens with one attached hydrogen (secondary N) is 2. The van der Waals surface area contributed by atoms with Crippen molar-refractivity contribution in [2.45, 2.75) is 31.6 Å². The molecule has 1 aliphatic heterocycles. The van der Waals surface area contributed by atoms with Crippen LogP contribution in [0.25, 0.3) is 0 Å². The first-order chi connectivity index (χ1) is 16.8. The Labute approximate surface area is 209 Å². The molecule has 1 fully saturated rings. The van der Waals surface area contributed by atoms with E-state index in [-0.39, 0.29) is 24.9 Å². The first-order valence-corrected chi connectivity index (χ1v) is 12.9. The van der Waals surface area contributed by atoms with Crippen LogP contribution in [0.2, 0.25) is 0 Å². The van der Waals surface area contributed by atoms with Crippen LogP contribution in [0.5, 0.6) is 5.75 Å². The van der Waals surface area contributed by atoms with Gasteiger partial charge in [0.25, 0.3) is 0 Å². The van der Waals surface area contributed by atoms with Gasteiger partial charge in [-0.15, -0.1) is 0 Å². The second-order valence-electron chi connectivity index (χ2n) is 8.84. The maximum absolute atomic E-state index is 13.0. The van der Waals surface area contributed by atoms with E-state index < -0.39 is 11.0 Å². The van der Waals surface area contributed by atoms with Crippen molar-refractivity contribution >= 4 is 28.5 Å². The molecule has 2 N–H and O–H groups in total. The third kappa shape index (κ3) is 7.50. The van der Waals surface area contributed by atoms with Crippen LogP contribution in [-0.2, 0) is 20.6 Å². The molecule has 9 nitrogen and oxygen atoms in total. The molecule has 2 aromatic rings. The van der Waals surface area contributed by atoms with Crippen molar-refractivity contribution in [1.29, 1.82) is 0 Å². The van der Waals surface area contributed by atoms with Gasteiger partial charge in [0.15, 0.2) is 0 Å². The highest BCUT2D eigenvalue weighted by Crippen LogP contribution is 2.25. The van der Waals surface area contributed by atoms with E-state index in [0.29, 0.717) is 23.1 Å². The molecule has 2 heterocycles. The topological polar surface area (TPSA) is 104 Å². The summed E-state index contributed by atoms with van der Waals surface area (Å²) in [5.41, 5.74) is 2.84. The normalized spacial score (nSPS) is 15.1. The lowest BCUT2D eigenvalue weighted by Gasteiger charge is -2.33. The van der Waals surface area contributed by atoms with E-state index in [2.05, 4.69) is 20.5 Å². The Balaban J connectivity index is 1.37. The molecule has 1 atom stereocenters. The number of methoxy groups -OCH3 is 1. The van der Waals surface area contributed by atoms with Gasteiger partial charge in [0, 0.05) is 44.8 Å². The molecular weight excluding hydrogens is 466 g/mol. The quantitative estimate of drug-likeness (QED) is 0.515. The van der Waals surface area contributed by atoms with Gasteiger partial charge in [-0.25, -0.2) is 8.51 Å². The standard InChI is InChI=1S/C25H35N5O4S/c1-18-13-22(34-4)14-19(2)25(18)35(33)29(3)17-24(32)28-16-23(31)27-15-20-7-11-30(12-8-20)21-5-9-26-10-6-21/h5-6,9-10,13-14,20H,7-8,11-12,15-17H2,1-4H3,(H,27,31)(H,28,32). The lowest BCUT2D eigenvalue weighted by molar-refractivity contribution is -0.126. The highest BCUT2D eigenvalue weighted by molar-refractivity contribution is 7.82. The Kier molecular flexibility index (Phi) is 9.62. The van der Waals surface area contributed by atoms with Crippen LogP contribution in [0.1, 0.15) is 24.0 Å². The molecule has 1 aliphatic rings. The van der Waals surface area contributed by atoms with Gasteiger partial charge in [0.05, 0.1) is 25.1 Å². The molecule has 3 rings (SSSR count).